The molecule has 2 heteroatoms. The quantitative estimate of drug-likeness (QED) is 0.806. The van der Waals surface area contributed by atoms with Crippen molar-refractivity contribution in [3.8, 4) is 0 Å². The number of rotatable bonds is 2. The number of hydrogen-bond acceptors (Lipinski definition) is 1. The van der Waals surface area contributed by atoms with Crippen LogP contribution in [0.2, 0.25) is 0 Å². The normalized spacial score (nSPS) is 26.3. The standard InChI is InChI=1S/C20H28N2/c1-14-10-11-18-17(13-14)16-9-6-12-20(2,19(16)21-18)22-15-7-4-3-5-8-15/h10-11,13,15,21-22H,3-9,12H2,1-2H3/t20-/m0/s1. The Bertz CT molecular complexity index is 678. The van der Waals surface area contributed by atoms with E-state index in [0.717, 1.165) is 0 Å². The fourth-order valence-electron chi connectivity index (χ4n) is 4.68. The van der Waals surface area contributed by atoms with Gasteiger partial charge in [-0.15, -0.1) is 0 Å². The van der Waals surface area contributed by atoms with Crippen LogP contribution in [-0.2, 0) is 12.0 Å². The monoisotopic (exact) mass is 296 g/mol. The van der Waals surface area contributed by atoms with E-state index in [2.05, 4.69) is 42.3 Å². The molecule has 4 rings (SSSR count). The summed E-state index contributed by atoms with van der Waals surface area (Å²) in [7, 11) is 0. The molecular weight excluding hydrogens is 268 g/mol. The summed E-state index contributed by atoms with van der Waals surface area (Å²) in [5, 5.41) is 5.49. The third-order valence-corrected chi connectivity index (χ3v) is 5.84. The van der Waals surface area contributed by atoms with Gasteiger partial charge in [-0.05, 0) is 63.6 Å². The van der Waals surface area contributed by atoms with Gasteiger partial charge in [0.25, 0.3) is 0 Å². The third kappa shape index (κ3) is 2.38. The smallest absolute Gasteiger partial charge is 0.0563 e. The number of hydrogen-bond donors (Lipinski definition) is 2. The van der Waals surface area contributed by atoms with Gasteiger partial charge in [0.2, 0.25) is 0 Å². The Morgan fingerprint density at radius 3 is 2.77 bits per heavy atom. The van der Waals surface area contributed by atoms with E-state index in [-0.39, 0.29) is 5.54 Å². The van der Waals surface area contributed by atoms with Crippen molar-refractivity contribution >= 4 is 10.9 Å². The van der Waals surface area contributed by atoms with Crippen LogP contribution in [0.25, 0.3) is 10.9 Å². The molecule has 1 aromatic heterocycles. The number of H-pyrrole nitrogens is 1. The molecule has 1 saturated carbocycles. The van der Waals surface area contributed by atoms with Crippen LogP contribution in [0.15, 0.2) is 18.2 Å². The Kier molecular flexibility index (Phi) is 3.53. The van der Waals surface area contributed by atoms with Gasteiger partial charge in [-0.25, -0.2) is 0 Å². The average Bonchev–Trinajstić information content (AvgIpc) is 2.88. The molecule has 1 aromatic carbocycles. The Hall–Kier alpha value is -1.28. The van der Waals surface area contributed by atoms with Gasteiger partial charge in [0.15, 0.2) is 0 Å². The summed E-state index contributed by atoms with van der Waals surface area (Å²) in [6, 6.07) is 7.54. The summed E-state index contributed by atoms with van der Waals surface area (Å²) in [5.41, 5.74) is 5.83. The summed E-state index contributed by atoms with van der Waals surface area (Å²) in [5.74, 6) is 0. The van der Waals surface area contributed by atoms with Gasteiger partial charge in [-0.2, -0.15) is 0 Å². The zero-order valence-corrected chi connectivity index (χ0v) is 14.0. The van der Waals surface area contributed by atoms with Gasteiger partial charge in [-0.1, -0.05) is 30.9 Å². The van der Waals surface area contributed by atoms with E-state index in [1.165, 1.54) is 73.5 Å². The van der Waals surface area contributed by atoms with E-state index in [4.69, 9.17) is 0 Å². The molecule has 118 valence electrons. The molecular formula is C20H28N2. The van der Waals surface area contributed by atoms with Gasteiger partial charge in [0.1, 0.15) is 0 Å². The van der Waals surface area contributed by atoms with Gasteiger partial charge >= 0.3 is 0 Å². The minimum Gasteiger partial charge on any atom is -0.357 e. The molecule has 1 fully saturated rings. The van der Waals surface area contributed by atoms with Crippen molar-refractivity contribution in [1.82, 2.24) is 10.3 Å². The van der Waals surface area contributed by atoms with E-state index in [9.17, 15) is 0 Å². The fourth-order valence-corrected chi connectivity index (χ4v) is 4.68. The second kappa shape index (κ2) is 5.42. The van der Waals surface area contributed by atoms with E-state index in [1.807, 2.05) is 0 Å². The lowest BCUT2D eigenvalue weighted by atomic mass is 9.80. The highest BCUT2D eigenvalue weighted by molar-refractivity contribution is 5.86. The molecule has 2 aromatic rings. The lowest BCUT2D eigenvalue weighted by molar-refractivity contribution is 0.235. The molecule has 22 heavy (non-hydrogen) atoms. The van der Waals surface area contributed by atoms with Crippen molar-refractivity contribution in [3.05, 3.63) is 35.0 Å². The van der Waals surface area contributed by atoms with Gasteiger partial charge < -0.3 is 10.3 Å². The first-order valence-electron chi connectivity index (χ1n) is 9.05. The Morgan fingerprint density at radius 1 is 1.14 bits per heavy atom. The number of benzene rings is 1. The van der Waals surface area contributed by atoms with Crippen molar-refractivity contribution in [2.75, 3.05) is 0 Å². The average molecular weight is 296 g/mol. The molecule has 0 bridgehead atoms. The van der Waals surface area contributed by atoms with E-state index >= 15 is 0 Å². The van der Waals surface area contributed by atoms with Crippen molar-refractivity contribution < 1.29 is 0 Å². The Morgan fingerprint density at radius 2 is 1.95 bits per heavy atom. The molecule has 1 atom stereocenters. The number of fused-ring (bicyclic) bond motifs is 3. The minimum atomic E-state index is 0.127. The second-order valence-electron chi connectivity index (χ2n) is 7.69. The first-order chi connectivity index (χ1) is 10.7. The molecule has 1 heterocycles. The molecule has 0 spiro atoms. The van der Waals surface area contributed by atoms with Crippen molar-refractivity contribution in [1.29, 1.82) is 0 Å². The molecule has 2 N–H and O–H groups in total. The van der Waals surface area contributed by atoms with Crippen LogP contribution in [0.1, 0.15) is 68.7 Å². The second-order valence-corrected chi connectivity index (χ2v) is 7.69. The summed E-state index contributed by atoms with van der Waals surface area (Å²) >= 11 is 0. The first-order valence-corrected chi connectivity index (χ1v) is 9.05. The maximum Gasteiger partial charge on any atom is 0.0563 e. The van der Waals surface area contributed by atoms with Crippen LogP contribution in [0.4, 0.5) is 0 Å². The first kappa shape index (κ1) is 14.3. The zero-order valence-electron chi connectivity index (χ0n) is 14.0. The van der Waals surface area contributed by atoms with Crippen molar-refractivity contribution in [2.24, 2.45) is 0 Å². The SMILES string of the molecule is Cc1ccc2[nH]c3c(c2c1)CCC[C@]3(C)NC1CCCCC1. The van der Waals surface area contributed by atoms with E-state index in [0.29, 0.717) is 6.04 Å². The predicted octanol–water partition coefficient (Wildman–Crippen LogP) is 4.95. The van der Waals surface area contributed by atoms with E-state index in [1.54, 1.807) is 5.56 Å². The highest BCUT2D eigenvalue weighted by Crippen LogP contribution is 2.40. The van der Waals surface area contributed by atoms with Crippen molar-refractivity contribution in [2.45, 2.75) is 76.8 Å². The number of nitrogens with one attached hydrogen (secondary N) is 2. The number of aromatic nitrogens is 1. The van der Waals surface area contributed by atoms with E-state index < -0.39 is 0 Å². The van der Waals surface area contributed by atoms with Crippen LogP contribution < -0.4 is 5.32 Å². The summed E-state index contributed by atoms with van der Waals surface area (Å²) in [4.78, 5) is 3.76. The lowest BCUT2D eigenvalue weighted by Crippen LogP contribution is -2.48. The summed E-state index contributed by atoms with van der Waals surface area (Å²) in [6.07, 6.45) is 10.7. The van der Waals surface area contributed by atoms with Crippen LogP contribution in [0.5, 0.6) is 0 Å². The van der Waals surface area contributed by atoms with Crippen LogP contribution >= 0.6 is 0 Å². The van der Waals surface area contributed by atoms with Gasteiger partial charge in [0.05, 0.1) is 5.54 Å². The zero-order chi connectivity index (χ0) is 15.2. The summed E-state index contributed by atoms with van der Waals surface area (Å²) in [6.45, 7) is 4.61. The number of aryl methyl sites for hydroxylation is 2. The van der Waals surface area contributed by atoms with Crippen molar-refractivity contribution in [3.63, 3.8) is 0 Å². The molecule has 2 nitrogen and oxygen atoms in total. The maximum atomic E-state index is 4.03. The summed E-state index contributed by atoms with van der Waals surface area (Å²) < 4.78 is 0. The predicted molar refractivity (Wildman–Crippen MR) is 93.3 cm³/mol. The van der Waals surface area contributed by atoms with Crippen LogP contribution in [0, 0.1) is 6.92 Å². The van der Waals surface area contributed by atoms with Crippen LogP contribution in [-0.4, -0.2) is 11.0 Å². The highest BCUT2D eigenvalue weighted by atomic mass is 15.0. The highest BCUT2D eigenvalue weighted by Gasteiger charge is 2.36. The van der Waals surface area contributed by atoms with Gasteiger partial charge in [-0.3, -0.25) is 0 Å². The largest absolute Gasteiger partial charge is 0.357 e. The topological polar surface area (TPSA) is 27.8 Å². The lowest BCUT2D eigenvalue weighted by Gasteiger charge is -2.39. The molecule has 0 aliphatic heterocycles. The molecule has 2 aliphatic rings. The van der Waals surface area contributed by atoms with Gasteiger partial charge in [0, 0.05) is 22.6 Å². The molecule has 0 saturated heterocycles. The Balaban J connectivity index is 1.72. The third-order valence-electron chi connectivity index (χ3n) is 5.84. The minimum absolute atomic E-state index is 0.127. The molecule has 0 unspecified atom stereocenters. The molecule has 0 radical (unpaired) electrons. The molecule has 0 amide bonds. The fraction of sp³-hybridized carbons (Fsp3) is 0.600. The maximum absolute atomic E-state index is 4.03. The Labute approximate surface area is 133 Å². The van der Waals surface area contributed by atoms with Crippen LogP contribution in [0.3, 0.4) is 0 Å². The number of aromatic amines is 1. The molecule has 2 aliphatic carbocycles.